The van der Waals surface area contributed by atoms with Gasteiger partial charge in [0.1, 0.15) is 0 Å². The van der Waals surface area contributed by atoms with Gasteiger partial charge < -0.3 is 0 Å². The van der Waals surface area contributed by atoms with Crippen molar-refractivity contribution in [2.45, 2.75) is 17.6 Å². The van der Waals surface area contributed by atoms with Gasteiger partial charge in [-0.2, -0.15) is 0 Å². The van der Waals surface area contributed by atoms with Crippen molar-refractivity contribution < 1.29 is 21.0 Å². The molecule has 0 aromatic carbocycles. The normalized spacial score (nSPS) is 13.6. The molecule has 0 aliphatic heterocycles. The molecule has 0 heterocycles. The van der Waals surface area contributed by atoms with Gasteiger partial charge in [-0.3, -0.25) is 0 Å². The predicted molar refractivity (Wildman–Crippen MR) is 40.9 cm³/mol. The maximum absolute atomic E-state index is 2.32. The van der Waals surface area contributed by atoms with Gasteiger partial charge >= 0.3 is 71.2 Å². The topological polar surface area (TPSA) is 0 Å². The quantitative estimate of drug-likeness (QED) is 0.325. The summed E-state index contributed by atoms with van der Waals surface area (Å²) >= 11 is 2.70. The standard InChI is InChI=1S/C3H7B2I2/c1-3(5-6)7-4-2/h3H,1-2H3/q-1. The molecule has 1 atom stereocenters. The maximum atomic E-state index is 2.32. The summed E-state index contributed by atoms with van der Waals surface area (Å²) in [6.07, 6.45) is 0. The predicted octanol–water partition coefficient (Wildman–Crippen LogP) is -1.86. The zero-order chi connectivity index (χ0) is 5.70. The minimum absolute atomic E-state index is 0.377. The Morgan fingerprint density at radius 1 is 1.71 bits per heavy atom. The summed E-state index contributed by atoms with van der Waals surface area (Å²) in [5.74, 6) is 0. The fourth-order valence-corrected chi connectivity index (χ4v) is 2.57. The zero-order valence-corrected chi connectivity index (χ0v) is 8.80. The van der Waals surface area contributed by atoms with Crippen LogP contribution in [0.25, 0.3) is 0 Å². The molecule has 0 rings (SSSR count). The van der Waals surface area contributed by atoms with E-state index in [4.69, 9.17) is 0 Å². The van der Waals surface area contributed by atoms with Crippen LogP contribution < -0.4 is 21.0 Å². The molecule has 4 heteroatoms. The molecule has 0 amide bonds. The summed E-state index contributed by atoms with van der Waals surface area (Å²) in [6.45, 7) is 4.41. The molecule has 0 fully saturated rings. The van der Waals surface area contributed by atoms with Crippen LogP contribution in [0.3, 0.4) is 0 Å². The van der Waals surface area contributed by atoms with Crippen LogP contribution in [0.5, 0.6) is 0 Å². The molecule has 2 radical (unpaired) electrons. The third kappa shape index (κ3) is 5.46. The van der Waals surface area contributed by atoms with Crippen molar-refractivity contribution in [2.75, 3.05) is 0 Å². The van der Waals surface area contributed by atoms with Crippen molar-refractivity contribution in [3.05, 3.63) is 0 Å². The Labute approximate surface area is 70.6 Å². The molecular formula is C3H7B2I2-. The fraction of sp³-hybridized carbons (Fsp3) is 1.00. The molecule has 0 saturated carbocycles. The molecule has 1 unspecified atom stereocenters. The Hall–Kier alpha value is 1.59. The van der Waals surface area contributed by atoms with E-state index >= 15 is 0 Å². The summed E-state index contributed by atoms with van der Waals surface area (Å²) in [4.78, 5) is 0. The molecule has 0 nitrogen and oxygen atoms in total. The second-order valence-corrected chi connectivity index (χ2v) is 5.80. The molecule has 0 N–H and O–H groups in total. The van der Waals surface area contributed by atoms with Gasteiger partial charge in [0.2, 0.25) is 0 Å². The van der Waals surface area contributed by atoms with E-state index in [-0.39, 0.29) is 0 Å². The van der Waals surface area contributed by atoms with Gasteiger partial charge in [0.25, 0.3) is 0 Å². The van der Waals surface area contributed by atoms with Gasteiger partial charge in [0, 0.05) is 0 Å². The summed E-state index contributed by atoms with van der Waals surface area (Å²) in [5.41, 5.74) is 0. The fourth-order valence-electron chi connectivity index (χ4n) is 0.226. The van der Waals surface area contributed by atoms with Gasteiger partial charge in [0.15, 0.2) is 0 Å². The van der Waals surface area contributed by atoms with Crippen LogP contribution in [0.15, 0.2) is 0 Å². The molecule has 0 bridgehead atoms. The number of halogens is 2. The second kappa shape index (κ2) is 5.72. The molecule has 0 aliphatic rings. The average Bonchev–Trinajstić information content (AvgIpc) is 1.68. The molecular weight excluding hydrogens is 311 g/mol. The van der Waals surface area contributed by atoms with E-state index in [1.807, 2.05) is 0 Å². The Morgan fingerprint density at radius 3 is 2.43 bits per heavy atom. The average molecular weight is 319 g/mol. The molecule has 0 saturated heterocycles. The van der Waals surface area contributed by atoms with Crippen molar-refractivity contribution in [3.8, 4) is 0 Å². The Kier molecular flexibility index (Phi) is 7.02. The Balaban J connectivity index is 2.83. The van der Waals surface area contributed by atoms with E-state index in [1.54, 1.807) is 0 Å². The van der Waals surface area contributed by atoms with Crippen molar-refractivity contribution in [3.63, 3.8) is 0 Å². The first-order chi connectivity index (χ1) is 3.31. The summed E-state index contributed by atoms with van der Waals surface area (Å²) in [7, 11) is 0. The van der Waals surface area contributed by atoms with Crippen LogP contribution >= 0.6 is 22.4 Å². The first kappa shape index (κ1) is 8.59. The zero-order valence-electron chi connectivity index (χ0n) is 4.49. The molecule has 0 aromatic rings. The summed E-state index contributed by atoms with van der Waals surface area (Å²) < 4.78 is 0.865. The van der Waals surface area contributed by atoms with E-state index in [0.717, 1.165) is 3.82 Å². The SMILES string of the molecule is C[B][I-]C(C)[B]I. The number of alkyl halides is 1. The molecule has 0 spiro atoms. The number of rotatable bonds is 3. The van der Waals surface area contributed by atoms with E-state index in [0.29, 0.717) is 21.0 Å². The van der Waals surface area contributed by atoms with Gasteiger partial charge in [-0.25, -0.2) is 0 Å². The van der Waals surface area contributed by atoms with E-state index in [1.165, 1.54) is 0 Å². The second-order valence-electron chi connectivity index (χ2n) is 1.15. The van der Waals surface area contributed by atoms with Gasteiger partial charge in [-0.05, 0) is 0 Å². The van der Waals surface area contributed by atoms with E-state index in [2.05, 4.69) is 46.4 Å². The van der Waals surface area contributed by atoms with Crippen LogP contribution in [0.4, 0.5) is 0 Å². The third-order valence-electron chi connectivity index (χ3n) is 0.498. The monoisotopic (exact) mass is 319 g/mol. The molecule has 40 valence electrons. The Bertz CT molecular complexity index is 41.9. The minimum atomic E-state index is 0.377. The number of hydrogen-bond acceptors (Lipinski definition) is 0. The summed E-state index contributed by atoms with van der Waals surface area (Å²) in [5, 5.41) is 4.55. The van der Waals surface area contributed by atoms with E-state index in [9.17, 15) is 0 Å². The molecule has 0 aliphatic carbocycles. The van der Waals surface area contributed by atoms with Crippen LogP contribution in [0, 0.1) is 0 Å². The van der Waals surface area contributed by atoms with Crippen LogP contribution in [0.1, 0.15) is 6.92 Å². The first-order valence-electron chi connectivity index (χ1n) is 2.14. The van der Waals surface area contributed by atoms with Gasteiger partial charge in [0.05, 0.1) is 0 Å². The van der Waals surface area contributed by atoms with Crippen LogP contribution in [-0.2, 0) is 0 Å². The van der Waals surface area contributed by atoms with Gasteiger partial charge in [-0.1, -0.05) is 0 Å². The van der Waals surface area contributed by atoms with Crippen molar-refractivity contribution in [1.82, 2.24) is 0 Å². The Morgan fingerprint density at radius 2 is 2.29 bits per heavy atom. The van der Waals surface area contributed by atoms with E-state index < -0.39 is 0 Å². The first-order valence-corrected chi connectivity index (χ1v) is 5.88. The molecule has 0 aromatic heterocycles. The van der Waals surface area contributed by atoms with Crippen molar-refractivity contribution >= 4 is 32.6 Å². The van der Waals surface area contributed by atoms with Crippen LogP contribution in [0.2, 0.25) is 6.82 Å². The van der Waals surface area contributed by atoms with Crippen molar-refractivity contribution in [2.24, 2.45) is 0 Å². The van der Waals surface area contributed by atoms with Crippen LogP contribution in [-0.4, -0.2) is 14.1 Å². The van der Waals surface area contributed by atoms with Gasteiger partial charge in [-0.15, -0.1) is 0 Å². The summed E-state index contributed by atoms with van der Waals surface area (Å²) in [6, 6.07) is 0. The number of hydrogen-bond donors (Lipinski definition) is 0. The molecule has 7 heavy (non-hydrogen) atoms. The van der Waals surface area contributed by atoms with Crippen molar-refractivity contribution in [1.29, 1.82) is 0 Å². The third-order valence-corrected chi connectivity index (χ3v) is 5.17.